The fourth-order valence-corrected chi connectivity index (χ4v) is 3.05. The summed E-state index contributed by atoms with van der Waals surface area (Å²) in [7, 11) is 0. The summed E-state index contributed by atoms with van der Waals surface area (Å²) in [6.07, 6.45) is 3.15. The van der Waals surface area contributed by atoms with E-state index in [9.17, 15) is 15.3 Å². The standard InChI is InChI=1S/C20H16N6O/c1-12-15(9-21)19(16(10-22)13(2)24-12)17-6-3-7-18(26-17)20(27)25-14-5-4-8-23-11-14/h3-8,11,15,19H,1-2H3,(H,25,27). The smallest absolute Gasteiger partial charge is 0.274 e. The molecule has 0 fully saturated rings. The zero-order valence-electron chi connectivity index (χ0n) is 14.8. The number of nitriles is 2. The van der Waals surface area contributed by atoms with Gasteiger partial charge in [0.05, 0.1) is 52.8 Å². The lowest BCUT2D eigenvalue weighted by molar-refractivity contribution is 0.102. The predicted molar refractivity (Wildman–Crippen MR) is 99.7 cm³/mol. The molecule has 1 aliphatic rings. The zero-order chi connectivity index (χ0) is 19.4. The van der Waals surface area contributed by atoms with Gasteiger partial charge < -0.3 is 5.32 Å². The Hall–Kier alpha value is -3.84. The Balaban J connectivity index is 1.97. The van der Waals surface area contributed by atoms with Crippen LogP contribution in [0.4, 0.5) is 5.69 Å². The van der Waals surface area contributed by atoms with Crippen LogP contribution in [0.3, 0.4) is 0 Å². The van der Waals surface area contributed by atoms with Crippen LogP contribution in [-0.4, -0.2) is 21.6 Å². The van der Waals surface area contributed by atoms with Crippen LogP contribution in [0.5, 0.6) is 0 Å². The van der Waals surface area contributed by atoms with E-state index in [-0.39, 0.29) is 5.69 Å². The van der Waals surface area contributed by atoms with Crippen molar-refractivity contribution in [3.05, 3.63) is 65.4 Å². The molecule has 2 unspecified atom stereocenters. The van der Waals surface area contributed by atoms with Gasteiger partial charge >= 0.3 is 0 Å². The molecular weight excluding hydrogens is 340 g/mol. The van der Waals surface area contributed by atoms with E-state index in [0.29, 0.717) is 28.4 Å². The number of amides is 1. The van der Waals surface area contributed by atoms with Gasteiger partial charge in [0.2, 0.25) is 0 Å². The largest absolute Gasteiger partial charge is 0.319 e. The number of pyridine rings is 2. The quantitative estimate of drug-likeness (QED) is 0.906. The van der Waals surface area contributed by atoms with E-state index < -0.39 is 17.7 Å². The molecule has 0 bridgehead atoms. The number of aromatic nitrogens is 2. The van der Waals surface area contributed by atoms with Crippen LogP contribution in [0, 0.1) is 28.6 Å². The first-order valence-corrected chi connectivity index (χ1v) is 8.29. The number of hydrogen-bond acceptors (Lipinski definition) is 6. The first-order chi connectivity index (χ1) is 13.0. The van der Waals surface area contributed by atoms with E-state index >= 15 is 0 Å². The Morgan fingerprint density at radius 3 is 2.67 bits per heavy atom. The lowest BCUT2D eigenvalue weighted by atomic mass is 9.79. The summed E-state index contributed by atoms with van der Waals surface area (Å²) < 4.78 is 0. The molecule has 2 atom stereocenters. The molecule has 0 saturated heterocycles. The Morgan fingerprint density at radius 1 is 1.19 bits per heavy atom. The molecule has 0 saturated carbocycles. The van der Waals surface area contributed by atoms with Crippen molar-refractivity contribution >= 4 is 17.3 Å². The topological polar surface area (TPSA) is 115 Å². The van der Waals surface area contributed by atoms with Crippen molar-refractivity contribution in [3.8, 4) is 12.1 Å². The van der Waals surface area contributed by atoms with Crippen LogP contribution in [0.15, 0.2) is 59.0 Å². The van der Waals surface area contributed by atoms with Gasteiger partial charge in [0.25, 0.3) is 5.91 Å². The second kappa shape index (κ2) is 7.59. The lowest BCUT2D eigenvalue weighted by Crippen LogP contribution is -2.26. The van der Waals surface area contributed by atoms with Gasteiger partial charge in [0.15, 0.2) is 0 Å². The minimum atomic E-state index is -0.604. The maximum atomic E-state index is 12.5. The molecule has 0 spiro atoms. The van der Waals surface area contributed by atoms with Crippen molar-refractivity contribution in [1.29, 1.82) is 10.5 Å². The number of carbonyl (C=O) groups is 1. The van der Waals surface area contributed by atoms with Crippen molar-refractivity contribution in [2.24, 2.45) is 10.9 Å². The van der Waals surface area contributed by atoms with Gasteiger partial charge in [-0.2, -0.15) is 10.5 Å². The highest BCUT2D eigenvalue weighted by Crippen LogP contribution is 2.37. The van der Waals surface area contributed by atoms with E-state index in [1.807, 2.05) is 0 Å². The van der Waals surface area contributed by atoms with Gasteiger partial charge in [-0.15, -0.1) is 0 Å². The zero-order valence-corrected chi connectivity index (χ0v) is 14.8. The van der Waals surface area contributed by atoms with E-state index in [4.69, 9.17) is 0 Å². The van der Waals surface area contributed by atoms with Crippen LogP contribution in [0.25, 0.3) is 0 Å². The summed E-state index contributed by atoms with van der Waals surface area (Å²) in [6, 6.07) is 12.8. The van der Waals surface area contributed by atoms with Gasteiger partial charge in [-0.1, -0.05) is 6.07 Å². The van der Waals surface area contributed by atoms with Crippen molar-refractivity contribution in [2.45, 2.75) is 19.8 Å². The fraction of sp³-hybridized carbons (Fsp3) is 0.200. The predicted octanol–water partition coefficient (Wildman–Crippen LogP) is 3.22. The molecule has 0 aliphatic carbocycles. The Bertz CT molecular complexity index is 1030. The molecule has 1 amide bonds. The highest BCUT2D eigenvalue weighted by atomic mass is 16.1. The third-order valence-electron chi connectivity index (χ3n) is 4.33. The maximum Gasteiger partial charge on any atom is 0.274 e. The molecule has 1 N–H and O–H groups in total. The van der Waals surface area contributed by atoms with Gasteiger partial charge in [-0.25, -0.2) is 4.98 Å². The van der Waals surface area contributed by atoms with Crippen molar-refractivity contribution in [2.75, 3.05) is 5.32 Å². The molecule has 0 aromatic carbocycles. The van der Waals surface area contributed by atoms with Crippen LogP contribution in [0.2, 0.25) is 0 Å². The Morgan fingerprint density at radius 2 is 2.00 bits per heavy atom. The average molecular weight is 356 g/mol. The molecule has 7 heteroatoms. The first-order valence-electron chi connectivity index (χ1n) is 8.29. The molecular formula is C20H16N6O. The van der Waals surface area contributed by atoms with Crippen LogP contribution < -0.4 is 5.32 Å². The summed E-state index contributed by atoms with van der Waals surface area (Å²) in [4.78, 5) is 25.2. The molecule has 7 nitrogen and oxygen atoms in total. The van der Waals surface area contributed by atoms with Crippen LogP contribution in [-0.2, 0) is 0 Å². The SMILES string of the molecule is CC1=NC(C)=C(C#N)C(c2cccc(C(=O)Nc3cccnc3)n2)C1C#N. The summed E-state index contributed by atoms with van der Waals surface area (Å²) in [5, 5.41) is 21.9. The van der Waals surface area contributed by atoms with Crippen molar-refractivity contribution in [3.63, 3.8) is 0 Å². The van der Waals surface area contributed by atoms with E-state index in [1.165, 1.54) is 6.20 Å². The second-order valence-corrected chi connectivity index (χ2v) is 6.09. The number of aliphatic imine (C=N–C) groups is 1. The summed E-state index contributed by atoms with van der Waals surface area (Å²) >= 11 is 0. The van der Waals surface area contributed by atoms with Gasteiger partial charge in [0.1, 0.15) is 5.69 Å². The molecule has 2 aromatic heterocycles. The van der Waals surface area contributed by atoms with Gasteiger partial charge in [-0.05, 0) is 38.1 Å². The fourth-order valence-electron chi connectivity index (χ4n) is 3.05. The number of hydrogen-bond donors (Lipinski definition) is 1. The molecule has 1 aliphatic heterocycles. The summed E-state index contributed by atoms with van der Waals surface area (Å²) in [5.41, 5.74) is 2.83. The van der Waals surface area contributed by atoms with E-state index in [0.717, 1.165) is 0 Å². The summed E-state index contributed by atoms with van der Waals surface area (Å²) in [5.74, 6) is -1.55. The molecule has 3 heterocycles. The third kappa shape index (κ3) is 3.58. The summed E-state index contributed by atoms with van der Waals surface area (Å²) in [6.45, 7) is 3.50. The number of rotatable bonds is 3. The van der Waals surface area contributed by atoms with E-state index in [1.54, 1.807) is 50.4 Å². The molecule has 132 valence electrons. The first kappa shape index (κ1) is 18.0. The Kier molecular flexibility index (Phi) is 5.05. The molecule has 3 rings (SSSR count). The maximum absolute atomic E-state index is 12.5. The third-order valence-corrected chi connectivity index (χ3v) is 4.33. The van der Waals surface area contributed by atoms with Crippen LogP contribution in [0.1, 0.15) is 35.9 Å². The number of nitrogens with one attached hydrogen (secondary N) is 1. The van der Waals surface area contributed by atoms with Crippen LogP contribution >= 0.6 is 0 Å². The Labute approximate surface area is 156 Å². The normalized spacial score (nSPS) is 18.9. The minimum absolute atomic E-state index is 0.197. The highest BCUT2D eigenvalue weighted by Gasteiger charge is 2.35. The number of carbonyl (C=O) groups excluding carboxylic acids is 1. The lowest BCUT2D eigenvalue weighted by Gasteiger charge is -2.26. The number of allylic oxidation sites excluding steroid dienone is 2. The number of nitrogens with zero attached hydrogens (tertiary/aromatic N) is 5. The van der Waals surface area contributed by atoms with Gasteiger partial charge in [0, 0.05) is 11.9 Å². The van der Waals surface area contributed by atoms with Gasteiger partial charge in [-0.3, -0.25) is 14.8 Å². The molecule has 27 heavy (non-hydrogen) atoms. The van der Waals surface area contributed by atoms with Crippen molar-refractivity contribution < 1.29 is 4.79 Å². The molecule has 2 aromatic rings. The van der Waals surface area contributed by atoms with Crippen molar-refractivity contribution in [1.82, 2.24) is 9.97 Å². The monoisotopic (exact) mass is 356 g/mol. The highest BCUT2D eigenvalue weighted by molar-refractivity contribution is 6.02. The minimum Gasteiger partial charge on any atom is -0.319 e. The second-order valence-electron chi connectivity index (χ2n) is 6.09. The number of anilines is 1. The average Bonchev–Trinajstić information content (AvgIpc) is 2.68. The van der Waals surface area contributed by atoms with E-state index in [2.05, 4.69) is 32.4 Å². The molecule has 0 radical (unpaired) electrons.